The minimum Gasteiger partial charge on any atom is -0.478 e. The molecule has 132 valence electrons. The van der Waals surface area contributed by atoms with Gasteiger partial charge in [0.15, 0.2) is 22.8 Å². The predicted molar refractivity (Wildman–Crippen MR) is 99.9 cm³/mol. The van der Waals surface area contributed by atoms with E-state index >= 15 is 0 Å². The van der Waals surface area contributed by atoms with Gasteiger partial charge >= 0.3 is 0 Å². The molecule has 2 aromatic carbocycles. The molecule has 0 unspecified atom stereocenters. The molecular weight excluding hydrogens is 341 g/mol. The Balaban J connectivity index is 1.85. The van der Waals surface area contributed by atoms with Gasteiger partial charge in [0, 0.05) is 5.69 Å². The van der Waals surface area contributed by atoms with Gasteiger partial charge in [0.2, 0.25) is 0 Å². The number of hydrogen-bond acceptors (Lipinski definition) is 3. The van der Waals surface area contributed by atoms with Crippen LogP contribution in [0.15, 0.2) is 42.5 Å². The maximum Gasteiger partial charge on any atom is 0.279 e. The molecule has 0 saturated carbocycles. The summed E-state index contributed by atoms with van der Waals surface area (Å²) in [7, 11) is 0. The van der Waals surface area contributed by atoms with Gasteiger partial charge in [-0.1, -0.05) is 24.3 Å². The zero-order valence-corrected chi connectivity index (χ0v) is 15.0. The minimum atomic E-state index is -0.895. The lowest BCUT2D eigenvalue weighted by molar-refractivity contribution is -0.127. The Morgan fingerprint density at radius 1 is 1.16 bits per heavy atom. The van der Waals surface area contributed by atoms with Crippen molar-refractivity contribution in [1.82, 2.24) is 10.9 Å². The van der Waals surface area contributed by atoms with Crippen molar-refractivity contribution in [2.24, 2.45) is 0 Å². The number of rotatable bonds is 4. The number of nitrogens with one attached hydrogen (secondary N) is 3. The third-order valence-electron chi connectivity index (χ3n) is 3.45. The number of anilines is 1. The van der Waals surface area contributed by atoms with Gasteiger partial charge in [-0.15, -0.1) is 0 Å². The van der Waals surface area contributed by atoms with Crippen molar-refractivity contribution >= 4 is 28.9 Å². The van der Waals surface area contributed by atoms with E-state index in [0.29, 0.717) is 0 Å². The Labute approximate surface area is 151 Å². The van der Waals surface area contributed by atoms with Crippen LogP contribution in [-0.4, -0.2) is 17.1 Å². The molecule has 25 heavy (non-hydrogen) atoms. The molecule has 5 nitrogen and oxygen atoms in total. The molecule has 0 fully saturated rings. The molecule has 0 bridgehead atoms. The first-order valence-electron chi connectivity index (χ1n) is 7.72. The summed E-state index contributed by atoms with van der Waals surface area (Å²) in [6.07, 6.45) is -0.895. The van der Waals surface area contributed by atoms with Gasteiger partial charge in [-0.3, -0.25) is 15.6 Å². The number of amides is 1. The highest BCUT2D eigenvalue weighted by atomic mass is 32.1. The van der Waals surface area contributed by atoms with E-state index < -0.39 is 17.8 Å². The summed E-state index contributed by atoms with van der Waals surface area (Å²) in [5, 5.41) is 3.25. The molecule has 0 aliphatic rings. The number of benzene rings is 2. The van der Waals surface area contributed by atoms with E-state index in [2.05, 4.69) is 16.2 Å². The van der Waals surface area contributed by atoms with E-state index in [1.165, 1.54) is 19.1 Å². The van der Waals surface area contributed by atoms with E-state index in [1.54, 1.807) is 12.1 Å². The van der Waals surface area contributed by atoms with E-state index in [0.717, 1.165) is 16.8 Å². The second kappa shape index (κ2) is 8.43. The average Bonchev–Trinajstić information content (AvgIpc) is 2.58. The first-order chi connectivity index (χ1) is 11.9. The Bertz CT molecular complexity index is 783. The summed E-state index contributed by atoms with van der Waals surface area (Å²) < 4.78 is 18.8. The fourth-order valence-corrected chi connectivity index (χ4v) is 2.19. The van der Waals surface area contributed by atoms with Gasteiger partial charge in [0.05, 0.1) is 0 Å². The maximum atomic E-state index is 13.5. The zero-order valence-electron chi connectivity index (χ0n) is 14.2. The fourth-order valence-electron chi connectivity index (χ4n) is 2.03. The van der Waals surface area contributed by atoms with Crippen LogP contribution in [0.1, 0.15) is 18.1 Å². The molecule has 0 saturated heterocycles. The number of halogens is 1. The molecule has 0 aliphatic heterocycles. The van der Waals surface area contributed by atoms with Crippen LogP contribution in [0.3, 0.4) is 0 Å². The normalized spacial score (nSPS) is 11.4. The first-order valence-corrected chi connectivity index (χ1v) is 8.13. The summed E-state index contributed by atoms with van der Waals surface area (Å²) in [5.74, 6) is -0.989. The summed E-state index contributed by atoms with van der Waals surface area (Å²) in [6.45, 7) is 5.45. The average molecular weight is 361 g/mol. The van der Waals surface area contributed by atoms with E-state index in [-0.39, 0.29) is 10.9 Å². The lowest BCUT2D eigenvalue weighted by Gasteiger charge is -2.17. The number of aryl methyl sites for hydroxylation is 2. The molecular formula is C18H20FN3O2S. The van der Waals surface area contributed by atoms with Crippen LogP contribution in [0.5, 0.6) is 5.75 Å². The van der Waals surface area contributed by atoms with Crippen molar-refractivity contribution < 1.29 is 13.9 Å². The molecule has 0 spiro atoms. The Morgan fingerprint density at radius 3 is 2.60 bits per heavy atom. The van der Waals surface area contributed by atoms with Crippen molar-refractivity contribution in [3.05, 3.63) is 59.4 Å². The van der Waals surface area contributed by atoms with Gasteiger partial charge in [0.25, 0.3) is 5.91 Å². The van der Waals surface area contributed by atoms with Crippen LogP contribution in [0.25, 0.3) is 0 Å². The number of thiocarbonyl (C=S) groups is 1. The second-order valence-electron chi connectivity index (χ2n) is 5.58. The molecule has 0 heterocycles. The van der Waals surface area contributed by atoms with E-state index in [4.69, 9.17) is 17.0 Å². The molecule has 1 amide bonds. The summed E-state index contributed by atoms with van der Waals surface area (Å²) in [4.78, 5) is 12.0. The number of carbonyl (C=O) groups is 1. The van der Waals surface area contributed by atoms with Gasteiger partial charge < -0.3 is 10.1 Å². The van der Waals surface area contributed by atoms with Gasteiger partial charge in [-0.2, -0.15) is 0 Å². The van der Waals surface area contributed by atoms with Crippen molar-refractivity contribution in [3.63, 3.8) is 0 Å². The van der Waals surface area contributed by atoms with Crippen molar-refractivity contribution in [3.8, 4) is 5.75 Å². The largest absolute Gasteiger partial charge is 0.478 e. The van der Waals surface area contributed by atoms with E-state index in [1.807, 2.05) is 32.0 Å². The van der Waals surface area contributed by atoms with Crippen LogP contribution < -0.4 is 20.9 Å². The van der Waals surface area contributed by atoms with Gasteiger partial charge in [-0.25, -0.2) is 4.39 Å². The van der Waals surface area contributed by atoms with E-state index in [9.17, 15) is 9.18 Å². The van der Waals surface area contributed by atoms with Crippen LogP contribution in [0.4, 0.5) is 10.1 Å². The van der Waals surface area contributed by atoms with Crippen molar-refractivity contribution in [1.29, 1.82) is 0 Å². The smallest absolute Gasteiger partial charge is 0.279 e. The number of para-hydroxylation sites is 1. The monoisotopic (exact) mass is 361 g/mol. The number of hydrogen-bond donors (Lipinski definition) is 3. The van der Waals surface area contributed by atoms with Crippen LogP contribution >= 0.6 is 12.2 Å². The molecule has 0 aliphatic carbocycles. The fraction of sp³-hybridized carbons (Fsp3) is 0.222. The third-order valence-corrected chi connectivity index (χ3v) is 3.65. The SMILES string of the molecule is Cc1ccc(C)c(NC(=S)NNC(=O)[C@@H](C)Oc2ccccc2F)c1. The molecule has 1 atom stereocenters. The minimum absolute atomic E-state index is 0.0150. The highest BCUT2D eigenvalue weighted by Gasteiger charge is 2.16. The second-order valence-corrected chi connectivity index (χ2v) is 5.99. The number of ether oxygens (including phenoxy) is 1. The number of carbonyl (C=O) groups excluding carboxylic acids is 1. The molecule has 0 radical (unpaired) electrons. The molecule has 3 N–H and O–H groups in total. The summed E-state index contributed by atoms with van der Waals surface area (Å²) in [6, 6.07) is 11.8. The highest BCUT2D eigenvalue weighted by molar-refractivity contribution is 7.80. The highest BCUT2D eigenvalue weighted by Crippen LogP contribution is 2.17. The standard InChI is InChI=1S/C18H20FN3O2S/c1-11-8-9-12(2)15(10-11)20-18(25)22-21-17(23)13(3)24-16-7-5-4-6-14(16)19/h4-10,13H,1-3H3,(H,21,23)(H2,20,22,25)/t13-/m1/s1. The molecule has 0 aromatic heterocycles. The summed E-state index contributed by atoms with van der Waals surface area (Å²) in [5.41, 5.74) is 8.01. The molecule has 7 heteroatoms. The number of hydrazine groups is 1. The molecule has 2 rings (SSSR count). The lowest BCUT2D eigenvalue weighted by Crippen LogP contribution is -2.48. The van der Waals surface area contributed by atoms with Crippen LogP contribution in [0.2, 0.25) is 0 Å². The topological polar surface area (TPSA) is 62.4 Å². The van der Waals surface area contributed by atoms with Crippen LogP contribution in [-0.2, 0) is 4.79 Å². The zero-order chi connectivity index (χ0) is 18.4. The molecule has 2 aromatic rings. The summed E-state index contributed by atoms with van der Waals surface area (Å²) >= 11 is 5.16. The van der Waals surface area contributed by atoms with Crippen molar-refractivity contribution in [2.75, 3.05) is 5.32 Å². The van der Waals surface area contributed by atoms with Crippen molar-refractivity contribution in [2.45, 2.75) is 26.9 Å². The lowest BCUT2D eigenvalue weighted by atomic mass is 10.1. The van der Waals surface area contributed by atoms with Gasteiger partial charge in [0.1, 0.15) is 0 Å². The predicted octanol–water partition coefficient (Wildman–Crippen LogP) is 3.23. The Kier molecular flexibility index (Phi) is 6.30. The maximum absolute atomic E-state index is 13.5. The third kappa shape index (κ3) is 5.42. The quantitative estimate of drug-likeness (QED) is 0.576. The Morgan fingerprint density at radius 2 is 1.88 bits per heavy atom. The first kappa shape index (κ1) is 18.7. The Hall–Kier alpha value is -2.67. The van der Waals surface area contributed by atoms with Crippen LogP contribution in [0, 0.1) is 19.7 Å². The van der Waals surface area contributed by atoms with Gasteiger partial charge in [-0.05, 0) is 62.3 Å².